The summed E-state index contributed by atoms with van der Waals surface area (Å²) in [7, 11) is 0. The largest absolute Gasteiger partial charge is 0.481 e. The highest BCUT2D eigenvalue weighted by atomic mass is 16.5. The van der Waals surface area contributed by atoms with E-state index in [9.17, 15) is 4.79 Å². The Labute approximate surface area is 146 Å². The van der Waals surface area contributed by atoms with Gasteiger partial charge in [0.1, 0.15) is 12.1 Å². The zero-order valence-electron chi connectivity index (χ0n) is 14.2. The highest BCUT2D eigenvalue weighted by Crippen LogP contribution is 2.14. The van der Waals surface area contributed by atoms with Gasteiger partial charge in [0.25, 0.3) is 5.91 Å². The van der Waals surface area contributed by atoms with Gasteiger partial charge in [0.15, 0.2) is 11.9 Å². The maximum atomic E-state index is 12.3. The van der Waals surface area contributed by atoms with Gasteiger partial charge in [-0.15, -0.1) is 10.2 Å². The number of nitrogens with one attached hydrogen (secondary N) is 1. The molecule has 128 valence electrons. The zero-order valence-corrected chi connectivity index (χ0v) is 14.2. The summed E-state index contributed by atoms with van der Waals surface area (Å²) in [6, 6.07) is 17.4. The maximum absolute atomic E-state index is 12.3. The van der Waals surface area contributed by atoms with Gasteiger partial charge in [-0.05, 0) is 43.7 Å². The molecule has 6 heteroatoms. The molecule has 1 amide bonds. The SMILES string of the molecule is Cc1cccc(O[C@@H](C)C(=O)NCc2nncn2-c2ccccc2)c1. The predicted octanol–water partition coefficient (Wildman–Crippen LogP) is 2.66. The Morgan fingerprint density at radius 1 is 1.20 bits per heavy atom. The lowest BCUT2D eigenvalue weighted by Gasteiger charge is -2.15. The number of hydrogen-bond acceptors (Lipinski definition) is 4. The van der Waals surface area contributed by atoms with Crippen LogP contribution in [0.1, 0.15) is 18.3 Å². The smallest absolute Gasteiger partial charge is 0.261 e. The Hall–Kier alpha value is -3.15. The number of nitrogens with zero attached hydrogens (tertiary/aromatic N) is 3. The number of benzene rings is 2. The van der Waals surface area contributed by atoms with Crippen LogP contribution in [-0.4, -0.2) is 26.8 Å². The van der Waals surface area contributed by atoms with Crippen LogP contribution in [0, 0.1) is 6.92 Å². The van der Waals surface area contributed by atoms with Gasteiger partial charge in [0.05, 0.1) is 6.54 Å². The first-order chi connectivity index (χ1) is 12.1. The second-order valence-electron chi connectivity index (χ2n) is 5.75. The molecule has 0 bridgehead atoms. The van der Waals surface area contributed by atoms with Gasteiger partial charge < -0.3 is 10.1 Å². The van der Waals surface area contributed by atoms with Crippen molar-refractivity contribution in [1.82, 2.24) is 20.1 Å². The van der Waals surface area contributed by atoms with Gasteiger partial charge in [0, 0.05) is 5.69 Å². The number of hydrogen-bond donors (Lipinski definition) is 1. The van der Waals surface area contributed by atoms with Crippen LogP contribution < -0.4 is 10.1 Å². The summed E-state index contributed by atoms with van der Waals surface area (Å²) in [5.74, 6) is 1.13. The molecule has 0 aliphatic heterocycles. The van der Waals surface area contributed by atoms with Crippen molar-refractivity contribution in [1.29, 1.82) is 0 Å². The molecular weight excluding hydrogens is 316 g/mol. The minimum Gasteiger partial charge on any atom is -0.481 e. The third kappa shape index (κ3) is 4.23. The van der Waals surface area contributed by atoms with E-state index in [2.05, 4.69) is 15.5 Å². The second-order valence-corrected chi connectivity index (χ2v) is 5.75. The number of ether oxygens (including phenoxy) is 1. The van der Waals surface area contributed by atoms with Crippen LogP contribution in [0.3, 0.4) is 0 Å². The normalized spacial score (nSPS) is 11.8. The molecule has 25 heavy (non-hydrogen) atoms. The van der Waals surface area contributed by atoms with E-state index >= 15 is 0 Å². The quantitative estimate of drug-likeness (QED) is 0.751. The van der Waals surface area contributed by atoms with Gasteiger partial charge in [0.2, 0.25) is 0 Å². The summed E-state index contributed by atoms with van der Waals surface area (Å²) in [5, 5.41) is 10.8. The number of amides is 1. The summed E-state index contributed by atoms with van der Waals surface area (Å²) in [6.45, 7) is 3.98. The van der Waals surface area contributed by atoms with E-state index in [-0.39, 0.29) is 12.5 Å². The Balaban J connectivity index is 1.60. The van der Waals surface area contributed by atoms with Crippen LogP contribution >= 0.6 is 0 Å². The average molecular weight is 336 g/mol. The molecule has 1 heterocycles. The molecular formula is C19H20N4O2. The molecule has 1 N–H and O–H groups in total. The van der Waals surface area contributed by atoms with Crippen molar-refractivity contribution >= 4 is 5.91 Å². The molecule has 0 saturated carbocycles. The van der Waals surface area contributed by atoms with E-state index in [1.54, 1.807) is 13.3 Å². The molecule has 0 unspecified atom stereocenters. The van der Waals surface area contributed by atoms with E-state index in [4.69, 9.17) is 4.74 Å². The molecule has 0 fully saturated rings. The maximum Gasteiger partial charge on any atom is 0.261 e. The van der Waals surface area contributed by atoms with Crippen molar-refractivity contribution in [3.8, 4) is 11.4 Å². The van der Waals surface area contributed by atoms with Crippen LogP contribution in [0.25, 0.3) is 5.69 Å². The molecule has 3 rings (SSSR count). The van der Waals surface area contributed by atoms with E-state index in [0.29, 0.717) is 11.6 Å². The Morgan fingerprint density at radius 2 is 2.00 bits per heavy atom. The molecule has 0 spiro atoms. The van der Waals surface area contributed by atoms with Gasteiger partial charge >= 0.3 is 0 Å². The highest BCUT2D eigenvalue weighted by molar-refractivity contribution is 5.80. The summed E-state index contributed by atoms with van der Waals surface area (Å²) < 4.78 is 7.53. The van der Waals surface area contributed by atoms with Gasteiger partial charge in [-0.25, -0.2) is 0 Å². The Morgan fingerprint density at radius 3 is 2.76 bits per heavy atom. The Bertz CT molecular complexity index is 845. The summed E-state index contributed by atoms with van der Waals surface area (Å²) in [4.78, 5) is 12.3. The molecule has 0 aliphatic rings. The molecule has 1 atom stereocenters. The molecule has 2 aromatic carbocycles. The molecule has 3 aromatic rings. The second kappa shape index (κ2) is 7.61. The number of rotatable bonds is 6. The van der Waals surface area contributed by atoms with E-state index < -0.39 is 6.10 Å². The van der Waals surface area contributed by atoms with Crippen molar-refractivity contribution in [2.24, 2.45) is 0 Å². The third-order valence-corrected chi connectivity index (χ3v) is 3.75. The highest BCUT2D eigenvalue weighted by Gasteiger charge is 2.16. The first-order valence-corrected chi connectivity index (χ1v) is 8.09. The van der Waals surface area contributed by atoms with Crippen LogP contribution in [0.15, 0.2) is 60.9 Å². The zero-order chi connectivity index (χ0) is 17.6. The minimum absolute atomic E-state index is 0.205. The van der Waals surface area contributed by atoms with Crippen molar-refractivity contribution in [3.63, 3.8) is 0 Å². The Kier molecular flexibility index (Phi) is 5.09. The van der Waals surface area contributed by atoms with Crippen LogP contribution in [0.5, 0.6) is 5.75 Å². The summed E-state index contributed by atoms with van der Waals surface area (Å²) in [6.07, 6.45) is 1.03. The fourth-order valence-electron chi connectivity index (χ4n) is 2.44. The van der Waals surface area contributed by atoms with Gasteiger partial charge in [-0.2, -0.15) is 0 Å². The van der Waals surface area contributed by atoms with E-state index in [1.807, 2.05) is 66.1 Å². The lowest BCUT2D eigenvalue weighted by atomic mass is 10.2. The van der Waals surface area contributed by atoms with E-state index in [1.165, 1.54) is 0 Å². The topological polar surface area (TPSA) is 69.0 Å². The van der Waals surface area contributed by atoms with Crippen molar-refractivity contribution < 1.29 is 9.53 Å². The number of carbonyl (C=O) groups is 1. The fourth-order valence-corrected chi connectivity index (χ4v) is 2.44. The lowest BCUT2D eigenvalue weighted by Crippen LogP contribution is -2.36. The lowest BCUT2D eigenvalue weighted by molar-refractivity contribution is -0.127. The van der Waals surface area contributed by atoms with Gasteiger partial charge in [-0.1, -0.05) is 30.3 Å². The van der Waals surface area contributed by atoms with E-state index in [0.717, 1.165) is 11.3 Å². The van der Waals surface area contributed by atoms with Crippen LogP contribution in [-0.2, 0) is 11.3 Å². The van der Waals surface area contributed by atoms with Crippen LogP contribution in [0.4, 0.5) is 0 Å². The van der Waals surface area contributed by atoms with Crippen molar-refractivity contribution in [2.45, 2.75) is 26.5 Å². The fraction of sp³-hybridized carbons (Fsp3) is 0.211. The van der Waals surface area contributed by atoms with Crippen molar-refractivity contribution in [3.05, 3.63) is 72.3 Å². The number of carbonyl (C=O) groups excluding carboxylic acids is 1. The third-order valence-electron chi connectivity index (χ3n) is 3.75. The molecule has 0 saturated heterocycles. The van der Waals surface area contributed by atoms with Crippen LogP contribution in [0.2, 0.25) is 0 Å². The molecule has 6 nitrogen and oxygen atoms in total. The monoisotopic (exact) mass is 336 g/mol. The first-order valence-electron chi connectivity index (χ1n) is 8.09. The number of aryl methyl sites for hydroxylation is 1. The first kappa shape index (κ1) is 16.7. The molecule has 0 aliphatic carbocycles. The average Bonchev–Trinajstić information content (AvgIpc) is 3.09. The number of para-hydroxylation sites is 1. The summed E-state index contributed by atoms with van der Waals surface area (Å²) in [5.41, 5.74) is 2.03. The van der Waals surface area contributed by atoms with Crippen molar-refractivity contribution in [2.75, 3.05) is 0 Å². The standard InChI is InChI=1S/C19H20N4O2/c1-14-7-6-10-17(11-14)25-15(2)19(24)20-12-18-22-21-13-23(18)16-8-4-3-5-9-16/h3-11,13,15H,12H2,1-2H3,(H,20,24)/t15-/m0/s1. The molecule has 1 aromatic heterocycles. The number of aromatic nitrogens is 3. The summed E-state index contributed by atoms with van der Waals surface area (Å²) >= 11 is 0. The predicted molar refractivity (Wildman–Crippen MR) is 94.5 cm³/mol. The van der Waals surface area contributed by atoms with Gasteiger partial charge in [-0.3, -0.25) is 9.36 Å². The molecule has 0 radical (unpaired) electrons. The minimum atomic E-state index is -0.602.